The predicted octanol–water partition coefficient (Wildman–Crippen LogP) is 1.35. The quantitative estimate of drug-likeness (QED) is 0.646. The minimum absolute atomic E-state index is 0.0683. The molecule has 1 aliphatic rings. The lowest BCUT2D eigenvalue weighted by Gasteiger charge is -2.18. The molecule has 0 aromatic heterocycles. The van der Waals surface area contributed by atoms with Gasteiger partial charge in [0, 0.05) is 18.2 Å². The van der Waals surface area contributed by atoms with Gasteiger partial charge < -0.3 is 14.8 Å². The Balaban J connectivity index is 1.74. The minimum atomic E-state index is -4.06. The fourth-order valence-electron chi connectivity index (χ4n) is 2.60. The number of ether oxygens (including phenoxy) is 2. The molecule has 0 fully saturated rings. The molecule has 0 unspecified atom stereocenters. The number of hydrogen-bond acceptors (Lipinski definition) is 6. The van der Waals surface area contributed by atoms with E-state index in [0.29, 0.717) is 36.0 Å². The number of aryl methyl sites for hydroxylation is 1. The molecule has 9 nitrogen and oxygen atoms in total. The molecule has 1 heterocycles. The van der Waals surface area contributed by atoms with Gasteiger partial charge in [-0.2, -0.15) is 0 Å². The molecular formula is C18H19N3O6S. The molecule has 28 heavy (non-hydrogen) atoms. The van der Waals surface area contributed by atoms with Crippen molar-refractivity contribution < 1.29 is 27.5 Å². The number of amides is 2. The number of nitrogens with one attached hydrogen (secondary N) is 3. The van der Waals surface area contributed by atoms with E-state index >= 15 is 0 Å². The molecule has 0 saturated carbocycles. The van der Waals surface area contributed by atoms with Crippen molar-refractivity contribution in [2.24, 2.45) is 0 Å². The van der Waals surface area contributed by atoms with E-state index in [2.05, 4.69) is 15.6 Å². The smallest absolute Gasteiger partial charge is 0.266 e. The van der Waals surface area contributed by atoms with Crippen LogP contribution >= 0.6 is 0 Å². The first-order valence-corrected chi connectivity index (χ1v) is 9.84. The van der Waals surface area contributed by atoms with Crippen molar-refractivity contribution >= 4 is 27.5 Å². The number of fused-ring (bicyclic) bond motifs is 1. The molecular weight excluding hydrogens is 386 g/mol. The van der Waals surface area contributed by atoms with Gasteiger partial charge in [0.2, 0.25) is 5.91 Å². The number of hydrogen-bond donors (Lipinski definition) is 3. The van der Waals surface area contributed by atoms with Crippen molar-refractivity contribution in [1.29, 1.82) is 0 Å². The highest BCUT2D eigenvalue weighted by atomic mass is 32.2. The third-order valence-corrected chi connectivity index (χ3v) is 5.29. The second kappa shape index (κ2) is 7.87. The van der Waals surface area contributed by atoms with Crippen LogP contribution in [0.3, 0.4) is 0 Å². The van der Waals surface area contributed by atoms with Crippen LogP contribution in [0, 0.1) is 6.92 Å². The van der Waals surface area contributed by atoms with Crippen LogP contribution in [0.2, 0.25) is 0 Å². The molecule has 10 heteroatoms. The molecule has 2 amide bonds. The Morgan fingerprint density at radius 3 is 2.43 bits per heavy atom. The average molecular weight is 405 g/mol. The Kier molecular flexibility index (Phi) is 5.52. The lowest BCUT2D eigenvalue weighted by molar-refractivity contribution is -0.114. The topological polar surface area (TPSA) is 123 Å². The van der Waals surface area contributed by atoms with E-state index in [-0.39, 0.29) is 16.4 Å². The van der Waals surface area contributed by atoms with Crippen LogP contribution in [0.1, 0.15) is 22.8 Å². The summed E-state index contributed by atoms with van der Waals surface area (Å²) in [5.74, 6) is -0.0438. The maximum Gasteiger partial charge on any atom is 0.266 e. The van der Waals surface area contributed by atoms with E-state index in [0.717, 1.165) is 0 Å². The monoisotopic (exact) mass is 405 g/mol. The molecule has 2 aromatic carbocycles. The maximum absolute atomic E-state index is 12.6. The van der Waals surface area contributed by atoms with Crippen LogP contribution in [0.4, 0.5) is 5.69 Å². The lowest BCUT2D eigenvalue weighted by Crippen LogP contribution is -2.41. The summed E-state index contributed by atoms with van der Waals surface area (Å²) in [6.45, 7) is 3.72. The zero-order chi connectivity index (χ0) is 20.3. The molecule has 0 bridgehead atoms. The van der Waals surface area contributed by atoms with Crippen molar-refractivity contribution in [3.63, 3.8) is 0 Å². The number of carbonyl (C=O) groups is 2. The van der Waals surface area contributed by atoms with Gasteiger partial charge >= 0.3 is 0 Å². The summed E-state index contributed by atoms with van der Waals surface area (Å²) in [6, 6.07) is 9.01. The van der Waals surface area contributed by atoms with Gasteiger partial charge in [-0.1, -0.05) is 6.07 Å². The van der Waals surface area contributed by atoms with Crippen LogP contribution in [0.15, 0.2) is 41.3 Å². The molecule has 148 valence electrons. The SMILES string of the molecule is CC(=O)Nc1ccc(C)c(S(=O)(=O)NNC(=O)c2ccc3c(c2)OCCO3)c1. The zero-order valence-electron chi connectivity index (χ0n) is 15.2. The van der Waals surface area contributed by atoms with E-state index in [1.807, 2.05) is 0 Å². The number of anilines is 1. The van der Waals surface area contributed by atoms with Gasteiger partial charge in [-0.3, -0.25) is 15.0 Å². The van der Waals surface area contributed by atoms with E-state index in [1.54, 1.807) is 25.1 Å². The van der Waals surface area contributed by atoms with Crippen LogP contribution in [0.5, 0.6) is 11.5 Å². The molecule has 3 N–H and O–H groups in total. The highest BCUT2D eigenvalue weighted by Gasteiger charge is 2.20. The number of sulfonamides is 1. The van der Waals surface area contributed by atoms with Crippen LogP contribution in [0.25, 0.3) is 0 Å². The first-order valence-electron chi connectivity index (χ1n) is 8.36. The fourth-order valence-corrected chi connectivity index (χ4v) is 3.71. The van der Waals surface area contributed by atoms with Gasteiger partial charge in [0.1, 0.15) is 13.2 Å². The molecule has 3 rings (SSSR count). The van der Waals surface area contributed by atoms with Crippen molar-refractivity contribution in [1.82, 2.24) is 10.3 Å². The molecule has 0 aliphatic carbocycles. The van der Waals surface area contributed by atoms with Crippen molar-refractivity contribution in [2.75, 3.05) is 18.5 Å². The van der Waals surface area contributed by atoms with Crippen LogP contribution in [-0.4, -0.2) is 33.4 Å². The number of benzene rings is 2. The van der Waals surface area contributed by atoms with E-state index < -0.39 is 15.9 Å². The van der Waals surface area contributed by atoms with Crippen molar-refractivity contribution in [3.05, 3.63) is 47.5 Å². The van der Waals surface area contributed by atoms with Gasteiger partial charge in [0.05, 0.1) is 4.90 Å². The van der Waals surface area contributed by atoms with Gasteiger partial charge in [0.25, 0.3) is 15.9 Å². The van der Waals surface area contributed by atoms with Crippen molar-refractivity contribution in [2.45, 2.75) is 18.7 Å². The van der Waals surface area contributed by atoms with Gasteiger partial charge in [-0.15, -0.1) is 4.83 Å². The van der Waals surface area contributed by atoms with Crippen LogP contribution < -0.4 is 25.0 Å². The van der Waals surface area contributed by atoms with E-state index in [1.165, 1.54) is 25.1 Å². The summed E-state index contributed by atoms with van der Waals surface area (Å²) >= 11 is 0. The summed E-state index contributed by atoms with van der Waals surface area (Å²) in [7, 11) is -4.06. The van der Waals surface area contributed by atoms with Gasteiger partial charge in [-0.05, 0) is 42.8 Å². The summed E-state index contributed by atoms with van der Waals surface area (Å²) in [5.41, 5.74) is 3.16. The Morgan fingerprint density at radius 1 is 1.00 bits per heavy atom. The molecule has 1 aliphatic heterocycles. The third-order valence-electron chi connectivity index (χ3n) is 3.90. The Bertz CT molecular complexity index is 1040. The largest absolute Gasteiger partial charge is 0.486 e. The minimum Gasteiger partial charge on any atom is -0.486 e. The Hall–Kier alpha value is -3.11. The number of carbonyl (C=O) groups excluding carboxylic acids is 2. The zero-order valence-corrected chi connectivity index (χ0v) is 16.1. The second-order valence-corrected chi connectivity index (χ2v) is 7.73. The highest BCUT2D eigenvalue weighted by Crippen LogP contribution is 2.30. The first-order chi connectivity index (χ1) is 13.3. The fraction of sp³-hybridized carbons (Fsp3) is 0.222. The molecule has 0 saturated heterocycles. The standard InChI is InChI=1S/C18H19N3O6S/c1-11-3-5-14(19-12(2)22)10-17(11)28(24,25)21-20-18(23)13-4-6-15-16(9-13)27-8-7-26-15/h3-6,9-10,21H,7-8H2,1-2H3,(H,19,22)(H,20,23). The number of hydrazine groups is 1. The molecule has 0 atom stereocenters. The van der Waals surface area contributed by atoms with Crippen LogP contribution in [-0.2, 0) is 14.8 Å². The van der Waals surface area contributed by atoms with E-state index in [9.17, 15) is 18.0 Å². The van der Waals surface area contributed by atoms with Crippen molar-refractivity contribution in [3.8, 4) is 11.5 Å². The highest BCUT2D eigenvalue weighted by molar-refractivity contribution is 7.89. The maximum atomic E-state index is 12.6. The third kappa shape index (κ3) is 4.41. The Labute approximate surface area is 162 Å². The molecule has 0 radical (unpaired) electrons. The predicted molar refractivity (Wildman–Crippen MR) is 101 cm³/mol. The average Bonchev–Trinajstić information content (AvgIpc) is 2.66. The normalized spacial score (nSPS) is 12.9. The first kappa shape index (κ1) is 19.6. The summed E-state index contributed by atoms with van der Waals surface area (Å²) in [4.78, 5) is 25.5. The summed E-state index contributed by atoms with van der Waals surface area (Å²) in [5, 5.41) is 2.52. The summed E-state index contributed by atoms with van der Waals surface area (Å²) in [6.07, 6.45) is 0. The molecule has 0 spiro atoms. The summed E-state index contributed by atoms with van der Waals surface area (Å²) < 4.78 is 35.9. The number of rotatable bonds is 5. The Morgan fingerprint density at radius 2 is 1.71 bits per heavy atom. The van der Waals surface area contributed by atoms with E-state index in [4.69, 9.17) is 9.47 Å². The van der Waals surface area contributed by atoms with Gasteiger partial charge in [-0.25, -0.2) is 8.42 Å². The van der Waals surface area contributed by atoms with Gasteiger partial charge in [0.15, 0.2) is 11.5 Å². The lowest BCUT2D eigenvalue weighted by atomic mass is 10.2. The second-order valence-electron chi connectivity index (χ2n) is 6.08. The molecule has 2 aromatic rings.